The summed E-state index contributed by atoms with van der Waals surface area (Å²) in [4.78, 5) is 11.1. The molecule has 0 spiro atoms. The van der Waals surface area contributed by atoms with Gasteiger partial charge in [0.25, 0.3) is 0 Å². The van der Waals surface area contributed by atoms with Crippen molar-refractivity contribution in [3.63, 3.8) is 0 Å². The lowest BCUT2D eigenvalue weighted by Gasteiger charge is -2.12. The first-order valence-corrected chi connectivity index (χ1v) is 5.21. The lowest BCUT2D eigenvalue weighted by molar-refractivity contribution is 0.220. The molecule has 0 saturated carbocycles. The Morgan fingerprint density at radius 2 is 2.00 bits per heavy atom. The largest absolute Gasteiger partial charge is 0.394 e. The first kappa shape index (κ1) is 13.2. The maximum atomic E-state index is 11.1. The van der Waals surface area contributed by atoms with E-state index in [1.165, 1.54) is 0 Å². The Hall–Kier alpha value is -0.770. The summed E-state index contributed by atoms with van der Waals surface area (Å²) in [5.74, 6) is 0.677. The van der Waals surface area contributed by atoms with E-state index >= 15 is 0 Å². The highest BCUT2D eigenvalue weighted by Crippen LogP contribution is 2.01. The predicted octanol–water partition coefficient (Wildman–Crippen LogP) is 1.10. The van der Waals surface area contributed by atoms with Crippen molar-refractivity contribution >= 4 is 6.03 Å². The average Bonchev–Trinajstić information content (AvgIpc) is 2.12. The summed E-state index contributed by atoms with van der Waals surface area (Å²) in [5, 5.41) is 14.0. The fraction of sp³-hybridized carbons (Fsp3) is 0.900. The van der Waals surface area contributed by atoms with Gasteiger partial charge in [0.15, 0.2) is 0 Å². The number of nitrogens with one attached hydrogen (secondary N) is 2. The first-order valence-electron chi connectivity index (χ1n) is 5.21. The van der Waals surface area contributed by atoms with E-state index in [1.807, 2.05) is 0 Å². The van der Waals surface area contributed by atoms with Gasteiger partial charge in [0.05, 0.1) is 12.6 Å². The van der Waals surface area contributed by atoms with Gasteiger partial charge in [0, 0.05) is 6.54 Å². The highest BCUT2D eigenvalue weighted by atomic mass is 16.3. The summed E-state index contributed by atoms with van der Waals surface area (Å²) >= 11 is 0. The quantitative estimate of drug-likeness (QED) is 0.565. The van der Waals surface area contributed by atoms with Crippen LogP contribution in [0.15, 0.2) is 0 Å². The molecule has 0 rings (SSSR count). The average molecular weight is 202 g/mol. The Kier molecular flexibility index (Phi) is 7.20. The molecule has 0 heterocycles. The van der Waals surface area contributed by atoms with Crippen molar-refractivity contribution in [2.75, 3.05) is 13.2 Å². The molecule has 3 N–H and O–H groups in total. The zero-order valence-electron chi connectivity index (χ0n) is 9.34. The summed E-state index contributed by atoms with van der Waals surface area (Å²) in [6, 6.07) is -0.379. The highest BCUT2D eigenvalue weighted by molar-refractivity contribution is 5.74. The fourth-order valence-electron chi connectivity index (χ4n) is 1.03. The van der Waals surface area contributed by atoms with E-state index in [9.17, 15) is 4.79 Å². The number of aliphatic hydroxyl groups is 1. The molecule has 0 radical (unpaired) electrons. The van der Waals surface area contributed by atoms with Gasteiger partial charge in [-0.3, -0.25) is 0 Å². The molecule has 0 bridgehead atoms. The molecule has 84 valence electrons. The first-order chi connectivity index (χ1) is 6.56. The molecule has 0 fully saturated rings. The summed E-state index contributed by atoms with van der Waals surface area (Å²) < 4.78 is 0. The zero-order valence-corrected chi connectivity index (χ0v) is 9.34. The van der Waals surface area contributed by atoms with E-state index in [4.69, 9.17) is 5.11 Å². The third-order valence-corrected chi connectivity index (χ3v) is 1.90. The van der Waals surface area contributed by atoms with Crippen molar-refractivity contribution in [3.05, 3.63) is 0 Å². The van der Waals surface area contributed by atoms with E-state index in [-0.39, 0.29) is 18.7 Å². The van der Waals surface area contributed by atoms with Crippen LogP contribution in [0.2, 0.25) is 0 Å². The van der Waals surface area contributed by atoms with Gasteiger partial charge in [-0.2, -0.15) is 0 Å². The minimum absolute atomic E-state index is 0.0284. The van der Waals surface area contributed by atoms with Gasteiger partial charge < -0.3 is 15.7 Å². The van der Waals surface area contributed by atoms with Crippen LogP contribution in [0.25, 0.3) is 0 Å². The standard InChI is InChI=1S/C10H22N2O2/c1-8(2)5-4-6-11-10(14)12-9(3)7-13/h8-9,13H,4-7H2,1-3H3,(H2,11,12,14). The molecule has 2 amide bonds. The van der Waals surface area contributed by atoms with Crippen molar-refractivity contribution in [3.8, 4) is 0 Å². The molecule has 1 unspecified atom stereocenters. The minimum Gasteiger partial charge on any atom is -0.394 e. The van der Waals surface area contributed by atoms with Crippen LogP contribution in [-0.4, -0.2) is 30.3 Å². The van der Waals surface area contributed by atoms with E-state index in [2.05, 4.69) is 24.5 Å². The second kappa shape index (κ2) is 7.62. The fourth-order valence-corrected chi connectivity index (χ4v) is 1.03. The van der Waals surface area contributed by atoms with Crippen LogP contribution in [-0.2, 0) is 0 Å². The second-order valence-corrected chi connectivity index (χ2v) is 4.02. The zero-order chi connectivity index (χ0) is 11.0. The number of aliphatic hydroxyl groups excluding tert-OH is 1. The summed E-state index contributed by atoms with van der Waals surface area (Å²) in [6.07, 6.45) is 2.12. The van der Waals surface area contributed by atoms with Crippen LogP contribution in [0, 0.1) is 5.92 Å². The van der Waals surface area contributed by atoms with E-state index in [0.717, 1.165) is 12.8 Å². The van der Waals surface area contributed by atoms with Crippen molar-refractivity contribution in [1.29, 1.82) is 0 Å². The Labute approximate surface area is 86.1 Å². The number of carbonyl (C=O) groups excluding carboxylic acids is 1. The topological polar surface area (TPSA) is 61.4 Å². The van der Waals surface area contributed by atoms with Crippen LogP contribution in [0.1, 0.15) is 33.6 Å². The highest BCUT2D eigenvalue weighted by Gasteiger charge is 2.04. The SMILES string of the molecule is CC(C)CCCNC(=O)NC(C)CO. The van der Waals surface area contributed by atoms with Gasteiger partial charge in [-0.25, -0.2) is 4.79 Å². The molecule has 14 heavy (non-hydrogen) atoms. The Morgan fingerprint density at radius 1 is 1.36 bits per heavy atom. The predicted molar refractivity (Wildman–Crippen MR) is 57.2 cm³/mol. The number of amides is 2. The molecule has 0 aliphatic rings. The molecule has 0 aliphatic heterocycles. The Bertz CT molecular complexity index is 160. The Morgan fingerprint density at radius 3 is 2.50 bits per heavy atom. The number of urea groups is 1. The third kappa shape index (κ3) is 7.86. The molecular formula is C10H22N2O2. The number of carbonyl (C=O) groups is 1. The minimum atomic E-state index is -0.199. The number of rotatable bonds is 6. The third-order valence-electron chi connectivity index (χ3n) is 1.90. The van der Waals surface area contributed by atoms with Crippen molar-refractivity contribution < 1.29 is 9.90 Å². The lowest BCUT2D eigenvalue weighted by atomic mass is 10.1. The van der Waals surface area contributed by atoms with Gasteiger partial charge in [-0.15, -0.1) is 0 Å². The van der Waals surface area contributed by atoms with Gasteiger partial charge in [-0.05, 0) is 25.7 Å². The smallest absolute Gasteiger partial charge is 0.315 e. The monoisotopic (exact) mass is 202 g/mol. The van der Waals surface area contributed by atoms with Gasteiger partial charge >= 0.3 is 6.03 Å². The lowest BCUT2D eigenvalue weighted by Crippen LogP contribution is -2.42. The van der Waals surface area contributed by atoms with Crippen LogP contribution < -0.4 is 10.6 Å². The van der Waals surface area contributed by atoms with Crippen molar-refractivity contribution in [2.24, 2.45) is 5.92 Å². The molecule has 4 nitrogen and oxygen atoms in total. The molecule has 4 heteroatoms. The molecule has 0 aromatic heterocycles. The van der Waals surface area contributed by atoms with Gasteiger partial charge in [-0.1, -0.05) is 13.8 Å². The maximum absolute atomic E-state index is 11.1. The molecule has 1 atom stereocenters. The van der Waals surface area contributed by atoms with E-state index < -0.39 is 0 Å². The van der Waals surface area contributed by atoms with E-state index in [0.29, 0.717) is 12.5 Å². The second-order valence-electron chi connectivity index (χ2n) is 4.02. The van der Waals surface area contributed by atoms with E-state index in [1.54, 1.807) is 6.92 Å². The van der Waals surface area contributed by atoms with Crippen molar-refractivity contribution in [1.82, 2.24) is 10.6 Å². The summed E-state index contributed by atoms with van der Waals surface area (Å²) in [7, 11) is 0. The maximum Gasteiger partial charge on any atom is 0.315 e. The summed E-state index contributed by atoms with van der Waals surface area (Å²) in [6.45, 7) is 6.75. The van der Waals surface area contributed by atoms with Crippen LogP contribution in [0.4, 0.5) is 4.79 Å². The molecule has 0 aliphatic carbocycles. The Balaban J connectivity index is 3.36. The summed E-state index contributed by atoms with van der Waals surface area (Å²) in [5.41, 5.74) is 0. The number of hydrogen-bond donors (Lipinski definition) is 3. The van der Waals surface area contributed by atoms with Crippen LogP contribution >= 0.6 is 0 Å². The van der Waals surface area contributed by atoms with Crippen LogP contribution in [0.5, 0.6) is 0 Å². The molecule has 0 aromatic rings. The number of hydrogen-bond acceptors (Lipinski definition) is 2. The molecule has 0 aromatic carbocycles. The van der Waals surface area contributed by atoms with Crippen molar-refractivity contribution in [2.45, 2.75) is 39.7 Å². The molecule has 0 saturated heterocycles. The normalized spacial score (nSPS) is 12.6. The molecular weight excluding hydrogens is 180 g/mol. The van der Waals surface area contributed by atoms with Gasteiger partial charge in [0.1, 0.15) is 0 Å². The van der Waals surface area contributed by atoms with Gasteiger partial charge in [0.2, 0.25) is 0 Å². The van der Waals surface area contributed by atoms with Crippen LogP contribution in [0.3, 0.4) is 0 Å².